The van der Waals surface area contributed by atoms with Gasteiger partial charge in [-0.3, -0.25) is 15.0 Å². The number of tetrazole rings is 1. The van der Waals surface area contributed by atoms with Crippen molar-refractivity contribution in [1.29, 1.82) is 0 Å². The molecule has 0 saturated carbocycles. The molecule has 2 aromatic rings. The zero-order valence-corrected chi connectivity index (χ0v) is 16.4. The van der Waals surface area contributed by atoms with Gasteiger partial charge in [-0.1, -0.05) is 6.92 Å². The van der Waals surface area contributed by atoms with Gasteiger partial charge in [0.2, 0.25) is 0 Å². The molecule has 1 fully saturated rings. The molecular formula is C18H27N7O2. The second kappa shape index (κ2) is 7.59. The second-order valence-electron chi connectivity index (χ2n) is 7.84. The van der Waals surface area contributed by atoms with Crippen LogP contribution in [0.1, 0.15) is 46.0 Å². The Hall–Kier alpha value is -2.55. The molecule has 27 heavy (non-hydrogen) atoms. The van der Waals surface area contributed by atoms with Crippen LogP contribution in [0.3, 0.4) is 0 Å². The van der Waals surface area contributed by atoms with Gasteiger partial charge in [0.05, 0.1) is 16.5 Å². The van der Waals surface area contributed by atoms with Crippen LogP contribution in [-0.2, 0) is 5.54 Å². The summed E-state index contributed by atoms with van der Waals surface area (Å²) in [5.74, 6) is 0.911. The molecule has 1 aromatic carbocycles. The van der Waals surface area contributed by atoms with Crippen LogP contribution in [0.2, 0.25) is 0 Å². The Morgan fingerprint density at radius 1 is 1.15 bits per heavy atom. The molecule has 1 unspecified atom stereocenters. The average molecular weight is 373 g/mol. The van der Waals surface area contributed by atoms with Gasteiger partial charge in [0, 0.05) is 44.0 Å². The van der Waals surface area contributed by atoms with E-state index in [2.05, 4.69) is 53.0 Å². The smallest absolute Gasteiger partial charge is 0.269 e. The van der Waals surface area contributed by atoms with Gasteiger partial charge in [-0.05, 0) is 49.8 Å². The van der Waals surface area contributed by atoms with Gasteiger partial charge >= 0.3 is 0 Å². The second-order valence-corrected chi connectivity index (χ2v) is 7.84. The molecular weight excluding hydrogens is 346 g/mol. The third-order valence-corrected chi connectivity index (χ3v) is 4.99. The summed E-state index contributed by atoms with van der Waals surface area (Å²) in [5, 5.41) is 23.2. The maximum Gasteiger partial charge on any atom is 0.269 e. The number of non-ortho nitro benzene ring substituents is 1. The van der Waals surface area contributed by atoms with Gasteiger partial charge in [0.1, 0.15) is 0 Å². The van der Waals surface area contributed by atoms with E-state index in [-0.39, 0.29) is 22.2 Å². The Balaban J connectivity index is 1.69. The van der Waals surface area contributed by atoms with E-state index >= 15 is 0 Å². The summed E-state index contributed by atoms with van der Waals surface area (Å²) in [6.07, 6.45) is 0.938. The first kappa shape index (κ1) is 19.2. The van der Waals surface area contributed by atoms with E-state index in [9.17, 15) is 10.1 Å². The summed E-state index contributed by atoms with van der Waals surface area (Å²) in [4.78, 5) is 15.1. The number of hydrogen-bond acceptors (Lipinski definition) is 7. The molecule has 0 amide bonds. The summed E-state index contributed by atoms with van der Waals surface area (Å²) in [6, 6.07) is 6.96. The van der Waals surface area contributed by atoms with E-state index < -0.39 is 0 Å². The van der Waals surface area contributed by atoms with Crippen LogP contribution in [0, 0.1) is 10.1 Å². The fraction of sp³-hybridized carbons (Fsp3) is 0.611. The van der Waals surface area contributed by atoms with Crippen LogP contribution in [0.15, 0.2) is 24.3 Å². The van der Waals surface area contributed by atoms with Crippen molar-refractivity contribution in [1.82, 2.24) is 25.1 Å². The number of nitro groups is 1. The number of hydrogen-bond donors (Lipinski definition) is 0. The van der Waals surface area contributed by atoms with Gasteiger partial charge in [-0.2, -0.15) is 0 Å². The fourth-order valence-electron chi connectivity index (χ4n) is 3.56. The molecule has 1 saturated heterocycles. The van der Waals surface area contributed by atoms with Gasteiger partial charge in [0.15, 0.2) is 5.82 Å². The first-order valence-electron chi connectivity index (χ1n) is 9.33. The first-order chi connectivity index (χ1) is 12.8. The molecule has 0 spiro atoms. The number of aromatic nitrogens is 4. The highest BCUT2D eigenvalue weighted by Gasteiger charge is 2.30. The molecule has 0 aliphatic carbocycles. The Morgan fingerprint density at radius 3 is 2.30 bits per heavy atom. The largest absolute Gasteiger partial charge is 0.369 e. The molecule has 146 valence electrons. The predicted octanol–water partition coefficient (Wildman–Crippen LogP) is 2.61. The topological polar surface area (TPSA) is 93.2 Å². The van der Waals surface area contributed by atoms with Crippen molar-refractivity contribution in [2.75, 3.05) is 31.1 Å². The Labute approximate surface area is 159 Å². The van der Waals surface area contributed by atoms with E-state index in [0.29, 0.717) is 0 Å². The van der Waals surface area contributed by atoms with Crippen molar-refractivity contribution >= 4 is 11.4 Å². The highest BCUT2D eigenvalue weighted by Crippen LogP contribution is 2.28. The van der Waals surface area contributed by atoms with Crippen LogP contribution in [0.4, 0.5) is 11.4 Å². The number of nitro benzene ring substituents is 1. The summed E-state index contributed by atoms with van der Waals surface area (Å²) in [6.45, 7) is 12.0. The number of anilines is 1. The first-order valence-corrected chi connectivity index (χ1v) is 9.33. The highest BCUT2D eigenvalue weighted by atomic mass is 16.6. The standard InChI is InChI=1S/C18H27N7O2/c1-5-16(17-19-20-21-24(17)18(2,3)4)23-12-10-22(11-13-23)14-6-8-15(9-7-14)25(26)27/h6-9,16H,5,10-13H2,1-4H3. The van der Waals surface area contributed by atoms with Crippen LogP contribution in [0.25, 0.3) is 0 Å². The van der Waals surface area contributed by atoms with Crippen LogP contribution in [-0.4, -0.2) is 56.2 Å². The third-order valence-electron chi connectivity index (χ3n) is 4.99. The van der Waals surface area contributed by atoms with Gasteiger partial charge in [-0.25, -0.2) is 4.68 Å². The third kappa shape index (κ3) is 4.08. The van der Waals surface area contributed by atoms with E-state index in [0.717, 1.165) is 44.1 Å². The average Bonchev–Trinajstić information content (AvgIpc) is 3.13. The van der Waals surface area contributed by atoms with Crippen LogP contribution >= 0.6 is 0 Å². The van der Waals surface area contributed by atoms with E-state index in [1.807, 2.05) is 16.8 Å². The minimum absolute atomic E-state index is 0.123. The number of piperazine rings is 1. The summed E-state index contributed by atoms with van der Waals surface area (Å²) in [7, 11) is 0. The quantitative estimate of drug-likeness (QED) is 0.587. The molecule has 0 bridgehead atoms. The van der Waals surface area contributed by atoms with Crippen molar-refractivity contribution < 1.29 is 4.92 Å². The molecule has 1 aromatic heterocycles. The minimum atomic E-state index is -0.368. The lowest BCUT2D eigenvalue weighted by Gasteiger charge is -2.40. The summed E-state index contributed by atoms with van der Waals surface area (Å²) < 4.78 is 1.92. The summed E-state index contributed by atoms with van der Waals surface area (Å²) in [5.41, 5.74) is 0.984. The van der Waals surface area contributed by atoms with Crippen molar-refractivity contribution in [3.05, 3.63) is 40.2 Å². The molecule has 9 heteroatoms. The molecule has 3 rings (SSSR count). The molecule has 0 N–H and O–H groups in total. The SMILES string of the molecule is CCC(c1nnnn1C(C)(C)C)N1CCN(c2ccc([N+](=O)[O-])cc2)CC1. The normalized spacial score (nSPS) is 17.1. The molecule has 0 radical (unpaired) electrons. The highest BCUT2D eigenvalue weighted by molar-refractivity contribution is 5.51. The van der Waals surface area contributed by atoms with E-state index in [1.54, 1.807) is 12.1 Å². The maximum absolute atomic E-state index is 10.8. The summed E-state index contributed by atoms with van der Waals surface area (Å²) >= 11 is 0. The number of rotatable bonds is 5. The lowest BCUT2D eigenvalue weighted by Crippen LogP contribution is -2.48. The van der Waals surface area contributed by atoms with Crippen molar-refractivity contribution in [3.63, 3.8) is 0 Å². The maximum atomic E-state index is 10.8. The fourth-order valence-corrected chi connectivity index (χ4v) is 3.56. The number of benzene rings is 1. The van der Waals surface area contributed by atoms with Crippen molar-refractivity contribution in [2.24, 2.45) is 0 Å². The lowest BCUT2D eigenvalue weighted by molar-refractivity contribution is -0.384. The monoisotopic (exact) mass is 373 g/mol. The van der Waals surface area contributed by atoms with Crippen LogP contribution in [0.5, 0.6) is 0 Å². The zero-order valence-electron chi connectivity index (χ0n) is 16.4. The lowest BCUT2D eigenvalue weighted by atomic mass is 10.1. The number of nitrogens with zero attached hydrogens (tertiary/aromatic N) is 7. The minimum Gasteiger partial charge on any atom is -0.369 e. The van der Waals surface area contributed by atoms with E-state index in [4.69, 9.17) is 0 Å². The van der Waals surface area contributed by atoms with Gasteiger partial charge < -0.3 is 4.90 Å². The molecule has 9 nitrogen and oxygen atoms in total. The van der Waals surface area contributed by atoms with Crippen molar-refractivity contribution in [3.8, 4) is 0 Å². The Kier molecular flexibility index (Phi) is 5.41. The molecule has 1 atom stereocenters. The molecule has 1 aliphatic rings. The molecule has 2 heterocycles. The van der Waals surface area contributed by atoms with Gasteiger partial charge in [0.25, 0.3) is 5.69 Å². The Morgan fingerprint density at radius 2 is 1.78 bits per heavy atom. The van der Waals surface area contributed by atoms with E-state index in [1.165, 1.54) is 0 Å². The molecule has 1 aliphatic heterocycles. The predicted molar refractivity (Wildman–Crippen MR) is 103 cm³/mol. The van der Waals surface area contributed by atoms with Crippen LogP contribution < -0.4 is 4.90 Å². The van der Waals surface area contributed by atoms with Gasteiger partial charge in [-0.15, -0.1) is 5.10 Å². The zero-order chi connectivity index (χ0) is 19.6. The Bertz CT molecular complexity index is 774. The van der Waals surface area contributed by atoms with Crippen molar-refractivity contribution in [2.45, 2.75) is 45.7 Å².